The number of benzene rings is 3. The monoisotopic (exact) mass is 403 g/mol. The minimum atomic E-state index is -1.11. The van der Waals surface area contributed by atoms with E-state index in [9.17, 15) is 9.59 Å². The van der Waals surface area contributed by atoms with Crippen LogP contribution in [0.4, 0.5) is 5.69 Å². The zero-order chi connectivity index (χ0) is 17.3. The molecule has 2 N–H and O–H groups in total. The number of halogens is 2. The molecule has 120 valence electrons. The molecule has 0 atom stereocenters. The Bertz CT molecular complexity index is 972. The number of aromatic carboxylic acids is 1. The summed E-state index contributed by atoms with van der Waals surface area (Å²) in [5, 5.41) is 13.6. The molecule has 0 fully saturated rings. The zero-order valence-corrected chi connectivity index (χ0v) is 14.6. The Hall–Kier alpha value is -2.37. The zero-order valence-electron chi connectivity index (χ0n) is 12.2. The van der Waals surface area contributed by atoms with E-state index in [0.717, 1.165) is 15.2 Å². The molecule has 6 heteroatoms. The van der Waals surface area contributed by atoms with E-state index in [-0.39, 0.29) is 16.5 Å². The highest BCUT2D eigenvalue weighted by Crippen LogP contribution is 2.27. The first kappa shape index (κ1) is 16.5. The molecule has 0 saturated carbocycles. The summed E-state index contributed by atoms with van der Waals surface area (Å²) in [5.41, 5.74) is 0.943. The lowest BCUT2D eigenvalue weighted by Crippen LogP contribution is -2.12. The molecular formula is C18H11BrClNO3. The first-order valence-electron chi connectivity index (χ1n) is 6.99. The number of hydrogen-bond acceptors (Lipinski definition) is 2. The molecule has 24 heavy (non-hydrogen) atoms. The largest absolute Gasteiger partial charge is 0.478 e. The van der Waals surface area contributed by atoms with Crippen LogP contribution in [-0.4, -0.2) is 17.0 Å². The summed E-state index contributed by atoms with van der Waals surface area (Å²) in [5.74, 6) is -1.41. The molecule has 0 aliphatic heterocycles. The maximum Gasteiger partial charge on any atom is 0.337 e. The van der Waals surface area contributed by atoms with Crippen LogP contribution >= 0.6 is 27.5 Å². The second-order valence-corrected chi connectivity index (χ2v) is 6.36. The molecule has 4 nitrogen and oxygen atoms in total. The average molecular weight is 405 g/mol. The van der Waals surface area contributed by atoms with Gasteiger partial charge in [-0.15, -0.1) is 0 Å². The van der Waals surface area contributed by atoms with Crippen LogP contribution in [0.5, 0.6) is 0 Å². The minimum absolute atomic E-state index is 0.0104. The summed E-state index contributed by atoms with van der Waals surface area (Å²) in [4.78, 5) is 23.6. The van der Waals surface area contributed by atoms with Crippen LogP contribution in [-0.2, 0) is 0 Å². The summed E-state index contributed by atoms with van der Waals surface area (Å²) >= 11 is 9.40. The van der Waals surface area contributed by atoms with Crippen molar-refractivity contribution in [2.45, 2.75) is 0 Å². The Labute approximate surface area is 151 Å². The van der Waals surface area contributed by atoms with Crippen molar-refractivity contribution in [2.75, 3.05) is 5.32 Å². The Morgan fingerprint density at radius 1 is 0.958 bits per heavy atom. The molecule has 0 heterocycles. The third-order valence-electron chi connectivity index (χ3n) is 3.57. The number of carboxylic acid groups (broad SMARTS) is 1. The van der Waals surface area contributed by atoms with Crippen LogP contribution in [0.2, 0.25) is 5.02 Å². The number of fused-ring (bicyclic) bond motifs is 1. The van der Waals surface area contributed by atoms with E-state index >= 15 is 0 Å². The predicted octanol–water partition coefficient (Wildman–Crippen LogP) is 5.21. The number of carbonyl (C=O) groups excluding carboxylic acids is 1. The number of carboxylic acids is 1. The quantitative estimate of drug-likeness (QED) is 0.630. The second-order valence-electron chi connectivity index (χ2n) is 5.09. The number of anilines is 1. The third kappa shape index (κ3) is 3.13. The highest BCUT2D eigenvalue weighted by Gasteiger charge is 2.13. The summed E-state index contributed by atoms with van der Waals surface area (Å²) in [7, 11) is 0. The summed E-state index contributed by atoms with van der Waals surface area (Å²) in [6, 6.07) is 15.4. The smallest absolute Gasteiger partial charge is 0.337 e. The standard InChI is InChI=1S/C18H11BrClNO3/c19-15-6-2-3-11-12(15)4-1-5-13(11)17(22)21-10-7-8-14(18(23)24)16(20)9-10/h1-9H,(H,21,22)(H,23,24). The molecule has 0 aromatic heterocycles. The van der Waals surface area contributed by atoms with Gasteiger partial charge in [-0.1, -0.05) is 51.8 Å². The molecule has 0 bridgehead atoms. The first-order valence-corrected chi connectivity index (χ1v) is 8.16. The number of nitrogens with one attached hydrogen (secondary N) is 1. The minimum Gasteiger partial charge on any atom is -0.478 e. The van der Waals surface area contributed by atoms with Crippen LogP contribution in [0.3, 0.4) is 0 Å². The molecule has 0 aliphatic carbocycles. The fraction of sp³-hybridized carbons (Fsp3) is 0. The van der Waals surface area contributed by atoms with E-state index in [4.69, 9.17) is 16.7 Å². The van der Waals surface area contributed by atoms with Gasteiger partial charge in [0.25, 0.3) is 5.91 Å². The molecule has 0 radical (unpaired) electrons. The maximum atomic E-state index is 12.6. The van der Waals surface area contributed by atoms with Crippen molar-refractivity contribution >= 4 is 55.9 Å². The fourth-order valence-corrected chi connectivity index (χ4v) is 3.19. The second kappa shape index (κ2) is 6.63. The maximum absolute atomic E-state index is 12.6. The van der Waals surface area contributed by atoms with Crippen molar-refractivity contribution in [2.24, 2.45) is 0 Å². The normalized spacial score (nSPS) is 10.6. The average Bonchev–Trinajstić information content (AvgIpc) is 2.54. The van der Waals surface area contributed by atoms with E-state index in [2.05, 4.69) is 21.2 Å². The van der Waals surface area contributed by atoms with Gasteiger partial charge in [-0.2, -0.15) is 0 Å². The highest BCUT2D eigenvalue weighted by atomic mass is 79.9. The number of amides is 1. The molecule has 0 spiro atoms. The number of hydrogen-bond donors (Lipinski definition) is 2. The summed E-state index contributed by atoms with van der Waals surface area (Å²) in [6.45, 7) is 0. The first-order chi connectivity index (χ1) is 11.5. The van der Waals surface area contributed by atoms with Gasteiger partial charge in [0.2, 0.25) is 0 Å². The Morgan fingerprint density at radius 2 is 1.67 bits per heavy atom. The number of carbonyl (C=O) groups is 2. The lowest BCUT2D eigenvalue weighted by Gasteiger charge is -2.10. The summed E-state index contributed by atoms with van der Waals surface area (Å²) in [6.07, 6.45) is 0. The van der Waals surface area contributed by atoms with Gasteiger partial charge < -0.3 is 10.4 Å². The van der Waals surface area contributed by atoms with Crippen molar-refractivity contribution < 1.29 is 14.7 Å². The van der Waals surface area contributed by atoms with Gasteiger partial charge in [0.05, 0.1) is 10.6 Å². The topological polar surface area (TPSA) is 66.4 Å². The molecule has 0 unspecified atom stereocenters. The number of rotatable bonds is 3. The lowest BCUT2D eigenvalue weighted by atomic mass is 10.0. The van der Waals surface area contributed by atoms with E-state index in [1.165, 1.54) is 18.2 Å². The molecule has 3 aromatic rings. The van der Waals surface area contributed by atoms with Crippen LogP contribution < -0.4 is 5.32 Å². The SMILES string of the molecule is O=C(O)c1ccc(NC(=O)c2cccc3c(Br)cccc23)cc1Cl. The van der Waals surface area contributed by atoms with Crippen molar-refractivity contribution in [3.05, 3.63) is 75.2 Å². The van der Waals surface area contributed by atoms with E-state index < -0.39 is 5.97 Å². The Morgan fingerprint density at radius 3 is 2.38 bits per heavy atom. The summed E-state index contributed by atoms with van der Waals surface area (Å²) < 4.78 is 0.906. The van der Waals surface area contributed by atoms with Crippen molar-refractivity contribution in [1.29, 1.82) is 0 Å². The van der Waals surface area contributed by atoms with Crippen LogP contribution in [0.15, 0.2) is 59.1 Å². The van der Waals surface area contributed by atoms with Gasteiger partial charge in [0.1, 0.15) is 0 Å². The van der Waals surface area contributed by atoms with E-state index in [0.29, 0.717) is 11.3 Å². The van der Waals surface area contributed by atoms with Gasteiger partial charge in [-0.25, -0.2) is 4.79 Å². The van der Waals surface area contributed by atoms with Gasteiger partial charge in [-0.3, -0.25) is 4.79 Å². The van der Waals surface area contributed by atoms with Crippen LogP contribution in [0.1, 0.15) is 20.7 Å². The predicted molar refractivity (Wildman–Crippen MR) is 98.0 cm³/mol. The molecule has 1 amide bonds. The molecule has 0 saturated heterocycles. The molecular weight excluding hydrogens is 394 g/mol. The lowest BCUT2D eigenvalue weighted by molar-refractivity contribution is 0.0697. The van der Waals surface area contributed by atoms with Gasteiger partial charge >= 0.3 is 5.97 Å². The van der Waals surface area contributed by atoms with Gasteiger partial charge in [0, 0.05) is 15.7 Å². The van der Waals surface area contributed by atoms with Crippen molar-refractivity contribution in [3.63, 3.8) is 0 Å². The highest BCUT2D eigenvalue weighted by molar-refractivity contribution is 9.10. The van der Waals surface area contributed by atoms with Crippen molar-refractivity contribution in [3.8, 4) is 0 Å². The van der Waals surface area contributed by atoms with Crippen LogP contribution in [0, 0.1) is 0 Å². The Balaban J connectivity index is 1.95. The van der Waals surface area contributed by atoms with Crippen LogP contribution in [0.25, 0.3) is 10.8 Å². The fourth-order valence-electron chi connectivity index (χ4n) is 2.43. The van der Waals surface area contributed by atoms with Gasteiger partial charge in [-0.05, 0) is 41.1 Å². The van der Waals surface area contributed by atoms with Gasteiger partial charge in [0.15, 0.2) is 0 Å². The van der Waals surface area contributed by atoms with Crippen molar-refractivity contribution in [1.82, 2.24) is 0 Å². The van der Waals surface area contributed by atoms with E-state index in [1.807, 2.05) is 30.3 Å². The van der Waals surface area contributed by atoms with E-state index in [1.54, 1.807) is 6.07 Å². The Kier molecular flexibility index (Phi) is 4.55. The third-order valence-corrected chi connectivity index (χ3v) is 4.58. The molecule has 3 rings (SSSR count). The molecule has 0 aliphatic rings. The molecule has 3 aromatic carbocycles.